The molecule has 7 nitrogen and oxygen atoms in total. The number of H-pyrrole nitrogens is 1. The van der Waals surface area contributed by atoms with Crippen molar-refractivity contribution in [1.29, 1.82) is 0 Å². The summed E-state index contributed by atoms with van der Waals surface area (Å²) < 4.78 is 3.47. The zero-order valence-corrected chi connectivity index (χ0v) is 15.5. The van der Waals surface area contributed by atoms with Gasteiger partial charge in [-0.05, 0) is 25.2 Å². The molecule has 1 N–H and O–H groups in total. The Balaban J connectivity index is 2.07. The number of nitrogens with zero attached hydrogens (tertiary/aromatic N) is 4. The van der Waals surface area contributed by atoms with Crippen LogP contribution in [0.25, 0.3) is 11.2 Å². The van der Waals surface area contributed by atoms with E-state index in [2.05, 4.69) is 23.7 Å². The van der Waals surface area contributed by atoms with Gasteiger partial charge in [-0.1, -0.05) is 33.1 Å². The third kappa shape index (κ3) is 3.50. The summed E-state index contributed by atoms with van der Waals surface area (Å²) in [6, 6.07) is 0. The number of imidazole rings is 1. The maximum Gasteiger partial charge on any atom is 0.329 e. The standard InChI is InChI=1S/C18H29N5O2/c1-4-5-6-7-11-23-14-15(21(3)18(25)20-16(14)24)19-17(23)22-10-8-9-13(2)12-22/h13H,4-12H2,1-3H3,(H,20,24,25). The Labute approximate surface area is 147 Å². The van der Waals surface area contributed by atoms with Gasteiger partial charge in [0.05, 0.1) is 0 Å². The molecule has 1 unspecified atom stereocenters. The van der Waals surface area contributed by atoms with Crippen molar-refractivity contribution in [2.24, 2.45) is 13.0 Å². The summed E-state index contributed by atoms with van der Waals surface area (Å²) in [6.45, 7) is 7.10. The van der Waals surface area contributed by atoms with E-state index in [0.717, 1.165) is 44.8 Å². The number of unbranched alkanes of at least 4 members (excludes halogenated alkanes) is 3. The largest absolute Gasteiger partial charge is 0.342 e. The highest BCUT2D eigenvalue weighted by Gasteiger charge is 2.24. The summed E-state index contributed by atoms with van der Waals surface area (Å²) in [5, 5.41) is 0. The Morgan fingerprint density at radius 1 is 1.24 bits per heavy atom. The molecular formula is C18H29N5O2. The third-order valence-corrected chi connectivity index (χ3v) is 5.16. The zero-order chi connectivity index (χ0) is 18.0. The van der Waals surface area contributed by atoms with Crippen LogP contribution >= 0.6 is 0 Å². The number of rotatable bonds is 6. The Kier molecular flexibility index (Phi) is 5.30. The minimum atomic E-state index is -0.410. The number of piperidine rings is 1. The van der Waals surface area contributed by atoms with Gasteiger partial charge in [-0.3, -0.25) is 14.3 Å². The van der Waals surface area contributed by atoms with Crippen molar-refractivity contribution in [3.63, 3.8) is 0 Å². The molecule has 0 spiro atoms. The molecule has 0 radical (unpaired) electrons. The van der Waals surface area contributed by atoms with Crippen LogP contribution in [0, 0.1) is 5.92 Å². The first-order chi connectivity index (χ1) is 12.0. The van der Waals surface area contributed by atoms with Crippen LogP contribution in [0.5, 0.6) is 0 Å². The van der Waals surface area contributed by atoms with E-state index in [1.54, 1.807) is 7.05 Å². The molecule has 7 heteroatoms. The van der Waals surface area contributed by atoms with Crippen LogP contribution in [0.3, 0.4) is 0 Å². The molecule has 0 aromatic carbocycles. The minimum absolute atomic E-state index is 0.336. The van der Waals surface area contributed by atoms with Crippen LogP contribution in [0.1, 0.15) is 52.4 Å². The first-order valence-corrected chi connectivity index (χ1v) is 9.47. The number of aryl methyl sites for hydroxylation is 2. The molecule has 1 aliphatic heterocycles. The number of hydrogen-bond donors (Lipinski definition) is 1. The fourth-order valence-electron chi connectivity index (χ4n) is 3.74. The molecule has 25 heavy (non-hydrogen) atoms. The van der Waals surface area contributed by atoms with Crippen LogP contribution < -0.4 is 16.1 Å². The van der Waals surface area contributed by atoms with Gasteiger partial charge in [-0.15, -0.1) is 0 Å². The van der Waals surface area contributed by atoms with Gasteiger partial charge in [0.15, 0.2) is 11.2 Å². The smallest absolute Gasteiger partial charge is 0.329 e. The van der Waals surface area contributed by atoms with Gasteiger partial charge < -0.3 is 9.47 Å². The summed E-state index contributed by atoms with van der Waals surface area (Å²) in [5.41, 5.74) is 0.258. The summed E-state index contributed by atoms with van der Waals surface area (Å²) >= 11 is 0. The van der Waals surface area contributed by atoms with Crippen molar-refractivity contribution < 1.29 is 0 Å². The summed E-state index contributed by atoms with van der Waals surface area (Å²) in [7, 11) is 1.66. The fourth-order valence-corrected chi connectivity index (χ4v) is 3.74. The summed E-state index contributed by atoms with van der Waals surface area (Å²) in [4.78, 5) is 33.8. The van der Waals surface area contributed by atoms with Gasteiger partial charge in [-0.2, -0.15) is 4.98 Å². The molecule has 3 rings (SSSR count). The first-order valence-electron chi connectivity index (χ1n) is 9.47. The van der Waals surface area contributed by atoms with Crippen molar-refractivity contribution in [1.82, 2.24) is 19.1 Å². The molecule has 0 saturated carbocycles. The highest BCUT2D eigenvalue weighted by molar-refractivity contribution is 5.74. The second-order valence-corrected chi connectivity index (χ2v) is 7.31. The molecule has 1 fully saturated rings. The molecule has 3 heterocycles. The van der Waals surface area contributed by atoms with Gasteiger partial charge in [0, 0.05) is 26.7 Å². The average molecular weight is 347 g/mol. The van der Waals surface area contributed by atoms with Crippen LogP contribution in [-0.4, -0.2) is 32.2 Å². The maximum atomic E-state index is 12.5. The predicted octanol–water partition coefficient (Wildman–Crippen LogP) is 2.24. The highest BCUT2D eigenvalue weighted by Crippen LogP contribution is 2.25. The molecule has 1 aliphatic rings. The van der Waals surface area contributed by atoms with E-state index in [1.165, 1.54) is 23.8 Å². The SMILES string of the molecule is CCCCCCn1c(N2CCCC(C)C2)nc2c1c(=O)[nH]c(=O)n2C. The number of aromatic nitrogens is 4. The van der Waals surface area contributed by atoms with E-state index in [0.29, 0.717) is 17.1 Å². The van der Waals surface area contributed by atoms with Crippen molar-refractivity contribution in [3.8, 4) is 0 Å². The van der Waals surface area contributed by atoms with Crippen molar-refractivity contribution >= 4 is 17.1 Å². The van der Waals surface area contributed by atoms with Crippen LogP contribution in [-0.2, 0) is 13.6 Å². The Hall–Kier alpha value is -2.05. The monoisotopic (exact) mass is 347 g/mol. The molecular weight excluding hydrogens is 318 g/mol. The van der Waals surface area contributed by atoms with Crippen molar-refractivity contribution in [3.05, 3.63) is 20.8 Å². The predicted molar refractivity (Wildman–Crippen MR) is 100 cm³/mol. The summed E-state index contributed by atoms with van der Waals surface area (Å²) in [5.74, 6) is 1.45. The first kappa shape index (κ1) is 17.8. The van der Waals surface area contributed by atoms with E-state index in [9.17, 15) is 9.59 Å². The third-order valence-electron chi connectivity index (χ3n) is 5.16. The Morgan fingerprint density at radius 3 is 2.76 bits per heavy atom. The molecule has 138 valence electrons. The van der Waals surface area contributed by atoms with Gasteiger partial charge in [-0.25, -0.2) is 4.79 Å². The molecule has 2 aromatic heterocycles. The van der Waals surface area contributed by atoms with Crippen LogP contribution in [0.2, 0.25) is 0 Å². The van der Waals surface area contributed by atoms with Gasteiger partial charge in [0.25, 0.3) is 5.56 Å². The number of aromatic amines is 1. The normalized spacial score (nSPS) is 18.2. The molecule has 0 amide bonds. The molecule has 0 aliphatic carbocycles. The van der Waals surface area contributed by atoms with E-state index < -0.39 is 5.69 Å². The van der Waals surface area contributed by atoms with Crippen LogP contribution in [0.4, 0.5) is 5.95 Å². The van der Waals surface area contributed by atoms with Gasteiger partial charge in [0.2, 0.25) is 5.95 Å². The van der Waals surface area contributed by atoms with Crippen molar-refractivity contribution in [2.45, 2.75) is 58.9 Å². The minimum Gasteiger partial charge on any atom is -0.342 e. The fraction of sp³-hybridized carbons (Fsp3) is 0.722. The Bertz CT molecular complexity index is 847. The zero-order valence-electron chi connectivity index (χ0n) is 15.5. The highest BCUT2D eigenvalue weighted by atomic mass is 16.2. The van der Waals surface area contributed by atoms with E-state index in [-0.39, 0.29) is 5.56 Å². The quantitative estimate of drug-likeness (QED) is 0.813. The molecule has 2 aromatic rings. The van der Waals surface area contributed by atoms with Crippen LogP contribution in [0.15, 0.2) is 9.59 Å². The van der Waals surface area contributed by atoms with Gasteiger partial charge >= 0.3 is 5.69 Å². The second kappa shape index (κ2) is 7.45. The van der Waals surface area contributed by atoms with E-state index >= 15 is 0 Å². The number of nitrogens with one attached hydrogen (secondary N) is 1. The van der Waals surface area contributed by atoms with Gasteiger partial charge in [0.1, 0.15) is 0 Å². The number of fused-ring (bicyclic) bond motifs is 1. The Morgan fingerprint density at radius 2 is 2.04 bits per heavy atom. The molecule has 1 saturated heterocycles. The number of hydrogen-bond acceptors (Lipinski definition) is 4. The lowest BCUT2D eigenvalue weighted by atomic mass is 10.0. The average Bonchev–Trinajstić information content (AvgIpc) is 2.97. The number of anilines is 1. The second-order valence-electron chi connectivity index (χ2n) is 7.31. The lowest BCUT2D eigenvalue weighted by Gasteiger charge is -2.32. The van der Waals surface area contributed by atoms with E-state index in [1.807, 2.05) is 4.57 Å². The van der Waals surface area contributed by atoms with Crippen molar-refractivity contribution in [2.75, 3.05) is 18.0 Å². The molecule has 1 atom stereocenters. The maximum absolute atomic E-state index is 12.5. The molecule has 0 bridgehead atoms. The van der Waals surface area contributed by atoms with E-state index in [4.69, 9.17) is 4.98 Å². The topological polar surface area (TPSA) is 75.9 Å². The lowest BCUT2D eigenvalue weighted by molar-refractivity contribution is 0.436. The lowest BCUT2D eigenvalue weighted by Crippen LogP contribution is -2.36. The summed E-state index contributed by atoms with van der Waals surface area (Å²) in [6.07, 6.45) is 6.88.